The van der Waals surface area contributed by atoms with Crippen LogP contribution < -0.4 is 16.4 Å². The van der Waals surface area contributed by atoms with Crippen molar-refractivity contribution in [1.29, 1.82) is 0 Å². The number of benzene rings is 2. The SMILES string of the molecule is C/C=C/c1c(-c2ccc3c4c(n(C5NNN5)c3c2)C=CCC4)cccc1C1C=CC=CC1C. The number of rotatable bonds is 4. The number of fused-ring (bicyclic) bond motifs is 3. The molecule has 4 heteroatoms. The van der Waals surface area contributed by atoms with Gasteiger partial charge >= 0.3 is 0 Å². The normalized spacial score (nSPS) is 22.2. The predicted octanol–water partition coefficient (Wildman–Crippen LogP) is 6.22. The lowest BCUT2D eigenvalue weighted by molar-refractivity contribution is 0.125. The van der Waals surface area contributed by atoms with Gasteiger partial charge in [-0.1, -0.05) is 79.8 Å². The van der Waals surface area contributed by atoms with E-state index in [-0.39, 0.29) is 6.29 Å². The van der Waals surface area contributed by atoms with Crippen molar-refractivity contribution < 1.29 is 0 Å². The maximum Gasteiger partial charge on any atom is 0.166 e. The average Bonchev–Trinajstić information content (AvgIpc) is 3.13. The third kappa shape index (κ3) is 3.34. The van der Waals surface area contributed by atoms with Crippen LogP contribution in [0.25, 0.3) is 34.2 Å². The second-order valence-corrected chi connectivity index (χ2v) is 9.19. The summed E-state index contributed by atoms with van der Waals surface area (Å²) in [4.78, 5) is 0. The summed E-state index contributed by atoms with van der Waals surface area (Å²) in [6.07, 6.45) is 20.2. The lowest BCUT2D eigenvalue weighted by Crippen LogP contribution is -2.65. The standard InChI is InChI=1S/C29H30N4/c1-3-9-23-22(13-8-14-24(23)21-11-5-4-10-19(21)2)20-16-17-26-25-12-6-7-15-27(25)33(28(26)18-20)29-30-32-31-29/h3-5,7-11,13-19,21,29-32H,6,12H2,1-2H3/b9-3+. The van der Waals surface area contributed by atoms with Crippen molar-refractivity contribution in [2.75, 3.05) is 0 Å². The van der Waals surface area contributed by atoms with E-state index in [1.807, 2.05) is 0 Å². The van der Waals surface area contributed by atoms with E-state index in [0.717, 1.165) is 12.8 Å². The Morgan fingerprint density at radius 3 is 2.73 bits per heavy atom. The molecule has 0 spiro atoms. The van der Waals surface area contributed by atoms with Crippen LogP contribution in [0.15, 0.2) is 72.9 Å². The van der Waals surface area contributed by atoms with Gasteiger partial charge in [-0.3, -0.25) is 0 Å². The monoisotopic (exact) mass is 434 g/mol. The lowest BCUT2D eigenvalue weighted by atomic mass is 9.80. The van der Waals surface area contributed by atoms with E-state index in [1.165, 1.54) is 44.4 Å². The highest BCUT2D eigenvalue weighted by Crippen LogP contribution is 2.40. The van der Waals surface area contributed by atoms with E-state index in [1.54, 1.807) is 0 Å². The maximum absolute atomic E-state index is 3.28. The van der Waals surface area contributed by atoms with Gasteiger partial charge in [0, 0.05) is 17.0 Å². The van der Waals surface area contributed by atoms with Gasteiger partial charge < -0.3 is 4.57 Å². The summed E-state index contributed by atoms with van der Waals surface area (Å²) in [5, 5.41) is 1.35. The zero-order valence-corrected chi connectivity index (χ0v) is 19.2. The van der Waals surface area contributed by atoms with Gasteiger partial charge in [-0.05, 0) is 65.6 Å². The summed E-state index contributed by atoms with van der Waals surface area (Å²) in [6.45, 7) is 4.41. The number of hydrogen-bond donors (Lipinski definition) is 3. The fourth-order valence-corrected chi connectivity index (χ4v) is 5.56. The molecule has 3 aliphatic rings. The molecule has 0 radical (unpaired) electrons. The molecule has 166 valence electrons. The Bertz CT molecular complexity index is 1330. The minimum atomic E-state index is 0.0515. The third-order valence-corrected chi connectivity index (χ3v) is 7.22. The molecule has 1 aliphatic heterocycles. The highest BCUT2D eigenvalue weighted by Gasteiger charge is 2.26. The first-order valence-electron chi connectivity index (χ1n) is 12.0. The quantitative estimate of drug-likeness (QED) is 0.457. The smallest absolute Gasteiger partial charge is 0.166 e. The third-order valence-electron chi connectivity index (χ3n) is 7.22. The number of aryl methyl sites for hydroxylation is 1. The summed E-state index contributed by atoms with van der Waals surface area (Å²) < 4.78 is 2.39. The molecule has 0 bridgehead atoms. The minimum Gasteiger partial charge on any atom is -0.310 e. The first-order valence-corrected chi connectivity index (χ1v) is 12.0. The zero-order chi connectivity index (χ0) is 22.4. The minimum absolute atomic E-state index is 0.0515. The van der Waals surface area contributed by atoms with Crippen LogP contribution in [0.4, 0.5) is 0 Å². The van der Waals surface area contributed by atoms with Crippen LogP contribution in [0.1, 0.15) is 54.9 Å². The molecule has 3 aromatic rings. The Morgan fingerprint density at radius 1 is 1.06 bits per heavy atom. The van der Waals surface area contributed by atoms with E-state index in [0.29, 0.717) is 11.8 Å². The summed E-state index contributed by atoms with van der Waals surface area (Å²) in [6, 6.07) is 13.8. The van der Waals surface area contributed by atoms with Crippen LogP contribution in [0.3, 0.4) is 0 Å². The zero-order valence-electron chi connectivity index (χ0n) is 19.2. The molecule has 3 N–H and O–H groups in total. The van der Waals surface area contributed by atoms with E-state index in [4.69, 9.17) is 0 Å². The number of hydrogen-bond acceptors (Lipinski definition) is 3. The molecule has 1 fully saturated rings. The molecule has 2 heterocycles. The number of nitrogens with one attached hydrogen (secondary N) is 3. The summed E-state index contributed by atoms with van der Waals surface area (Å²) in [7, 11) is 0. The van der Waals surface area contributed by atoms with Crippen molar-refractivity contribution in [3.63, 3.8) is 0 Å². The molecule has 6 rings (SSSR count). The Labute approximate surface area is 195 Å². The van der Waals surface area contributed by atoms with E-state index in [2.05, 4.69) is 120 Å². The highest BCUT2D eigenvalue weighted by atomic mass is 15.8. The molecule has 0 saturated carbocycles. The molecular formula is C29H30N4. The molecule has 1 saturated heterocycles. The molecule has 2 aliphatic carbocycles. The van der Waals surface area contributed by atoms with Crippen LogP contribution in [0.5, 0.6) is 0 Å². The summed E-state index contributed by atoms with van der Waals surface area (Å²) in [5.74, 6) is 0.872. The van der Waals surface area contributed by atoms with Gasteiger partial charge in [-0.2, -0.15) is 5.53 Å². The molecule has 0 amide bonds. The van der Waals surface area contributed by atoms with E-state index < -0.39 is 0 Å². The van der Waals surface area contributed by atoms with Crippen LogP contribution >= 0.6 is 0 Å². The Morgan fingerprint density at radius 2 is 1.94 bits per heavy atom. The Kier molecular flexibility index (Phi) is 5.14. The second kappa shape index (κ2) is 8.31. The van der Waals surface area contributed by atoms with Gasteiger partial charge in [-0.25, -0.2) is 10.9 Å². The molecular weight excluding hydrogens is 404 g/mol. The molecule has 33 heavy (non-hydrogen) atoms. The largest absolute Gasteiger partial charge is 0.310 e. The van der Waals surface area contributed by atoms with Gasteiger partial charge in [0.05, 0.1) is 5.52 Å². The van der Waals surface area contributed by atoms with Crippen LogP contribution in [0.2, 0.25) is 0 Å². The summed E-state index contributed by atoms with van der Waals surface area (Å²) >= 11 is 0. The van der Waals surface area contributed by atoms with Crippen LogP contribution in [-0.4, -0.2) is 4.57 Å². The predicted molar refractivity (Wildman–Crippen MR) is 138 cm³/mol. The fraction of sp³-hybridized carbons (Fsp3) is 0.241. The topological polar surface area (TPSA) is 41.0 Å². The first-order chi connectivity index (χ1) is 16.3. The molecule has 2 atom stereocenters. The van der Waals surface area contributed by atoms with Crippen LogP contribution in [0, 0.1) is 5.92 Å². The number of hydrazine groups is 2. The van der Waals surface area contributed by atoms with E-state index >= 15 is 0 Å². The summed E-state index contributed by atoms with van der Waals surface area (Å²) in [5.41, 5.74) is 18.8. The fourth-order valence-electron chi connectivity index (χ4n) is 5.56. The second-order valence-electron chi connectivity index (χ2n) is 9.19. The molecule has 1 aromatic heterocycles. The number of aromatic nitrogens is 1. The van der Waals surface area contributed by atoms with Gasteiger partial charge in [0.15, 0.2) is 6.29 Å². The van der Waals surface area contributed by atoms with E-state index in [9.17, 15) is 0 Å². The molecule has 2 aromatic carbocycles. The molecule has 2 unspecified atom stereocenters. The first kappa shape index (κ1) is 20.4. The average molecular weight is 435 g/mol. The van der Waals surface area contributed by atoms with Crippen molar-refractivity contribution >= 4 is 23.1 Å². The van der Waals surface area contributed by atoms with Gasteiger partial charge in [0.25, 0.3) is 0 Å². The van der Waals surface area contributed by atoms with Crippen molar-refractivity contribution in [1.82, 2.24) is 21.0 Å². The van der Waals surface area contributed by atoms with Gasteiger partial charge in [0.2, 0.25) is 0 Å². The van der Waals surface area contributed by atoms with Gasteiger partial charge in [0.1, 0.15) is 0 Å². The molecule has 4 nitrogen and oxygen atoms in total. The maximum atomic E-state index is 3.28. The van der Waals surface area contributed by atoms with Crippen molar-refractivity contribution in [2.24, 2.45) is 5.92 Å². The van der Waals surface area contributed by atoms with Crippen molar-refractivity contribution in [2.45, 2.75) is 38.9 Å². The van der Waals surface area contributed by atoms with Crippen LogP contribution in [-0.2, 0) is 6.42 Å². The lowest BCUT2D eigenvalue weighted by Gasteiger charge is -2.33. The highest BCUT2D eigenvalue weighted by molar-refractivity contribution is 5.93. The van der Waals surface area contributed by atoms with Gasteiger partial charge in [-0.15, -0.1) is 0 Å². The van der Waals surface area contributed by atoms with Crippen molar-refractivity contribution in [3.8, 4) is 11.1 Å². The Balaban J connectivity index is 1.54. The number of nitrogens with zero attached hydrogens (tertiary/aromatic N) is 1. The van der Waals surface area contributed by atoms with Crippen molar-refractivity contribution in [3.05, 3.63) is 95.2 Å². The number of allylic oxidation sites excluding steroid dienone is 6. The Hall–Kier alpha value is -3.18.